The zero-order valence-corrected chi connectivity index (χ0v) is 10.2. The largest absolute Gasteiger partial charge is 0.373 e. The molecule has 1 unspecified atom stereocenters. The summed E-state index contributed by atoms with van der Waals surface area (Å²) in [6.45, 7) is 0.441. The van der Waals surface area contributed by atoms with Gasteiger partial charge in [-0.25, -0.2) is 4.39 Å². The van der Waals surface area contributed by atoms with Crippen LogP contribution in [0.25, 0.3) is 0 Å². The Balaban J connectivity index is 2.27. The van der Waals surface area contributed by atoms with E-state index in [2.05, 4.69) is 22.6 Å². The van der Waals surface area contributed by atoms with Gasteiger partial charge in [-0.3, -0.25) is 4.79 Å². The highest BCUT2D eigenvalue weighted by atomic mass is 127. The van der Waals surface area contributed by atoms with E-state index in [1.165, 1.54) is 12.1 Å². The number of hydrogen-bond donors (Lipinski definition) is 0. The molecule has 1 aliphatic rings. The van der Waals surface area contributed by atoms with Crippen LogP contribution in [-0.2, 0) is 9.53 Å². The average Bonchev–Trinajstić information content (AvgIpc) is 2.22. The first-order valence-corrected chi connectivity index (χ1v) is 5.83. The average molecular weight is 320 g/mol. The van der Waals surface area contributed by atoms with E-state index in [0.29, 0.717) is 19.4 Å². The molecule has 0 aliphatic carbocycles. The van der Waals surface area contributed by atoms with Gasteiger partial charge >= 0.3 is 0 Å². The molecule has 4 heteroatoms. The molecule has 0 saturated carbocycles. The summed E-state index contributed by atoms with van der Waals surface area (Å²) in [7, 11) is 0. The van der Waals surface area contributed by atoms with Crippen LogP contribution in [0.3, 0.4) is 0 Å². The summed E-state index contributed by atoms with van der Waals surface area (Å²) in [4.78, 5) is 11.3. The van der Waals surface area contributed by atoms with Gasteiger partial charge in [0.05, 0.1) is 12.7 Å². The summed E-state index contributed by atoms with van der Waals surface area (Å²) in [6, 6.07) is 4.56. The van der Waals surface area contributed by atoms with E-state index in [9.17, 15) is 9.18 Å². The fraction of sp³-hybridized carbons (Fsp3) is 0.364. The smallest absolute Gasteiger partial charge is 0.138 e. The maximum atomic E-state index is 13.1. The maximum Gasteiger partial charge on any atom is 0.138 e. The van der Waals surface area contributed by atoms with Crippen LogP contribution in [0, 0.1) is 9.39 Å². The van der Waals surface area contributed by atoms with E-state index in [0.717, 1.165) is 9.13 Å². The minimum atomic E-state index is -0.285. The summed E-state index contributed by atoms with van der Waals surface area (Å²) in [6.07, 6.45) is 0.566. The number of Topliss-reactive ketones (excluding diaryl/α,β-unsaturated/α-hetero) is 1. The number of hydrogen-bond acceptors (Lipinski definition) is 2. The van der Waals surface area contributed by atoms with Gasteiger partial charge in [-0.2, -0.15) is 0 Å². The van der Waals surface area contributed by atoms with Crippen LogP contribution in [0.5, 0.6) is 0 Å². The Labute approximate surface area is 101 Å². The molecule has 1 fully saturated rings. The number of halogens is 2. The van der Waals surface area contributed by atoms with Crippen molar-refractivity contribution in [3.8, 4) is 0 Å². The summed E-state index contributed by atoms with van der Waals surface area (Å²) in [5.41, 5.74) is 0.781. The Morgan fingerprint density at radius 2 is 2.27 bits per heavy atom. The lowest BCUT2D eigenvalue weighted by Gasteiger charge is -2.23. The second-order valence-electron chi connectivity index (χ2n) is 3.52. The van der Waals surface area contributed by atoms with Crippen molar-refractivity contribution in [3.63, 3.8) is 0 Å². The van der Waals surface area contributed by atoms with Gasteiger partial charge in [-0.1, -0.05) is 0 Å². The molecule has 0 bridgehead atoms. The monoisotopic (exact) mass is 320 g/mol. The number of carbonyl (C=O) groups is 1. The van der Waals surface area contributed by atoms with Gasteiger partial charge < -0.3 is 4.74 Å². The third-order valence-corrected chi connectivity index (χ3v) is 3.40. The first kappa shape index (κ1) is 11.0. The third-order valence-electron chi connectivity index (χ3n) is 2.42. The molecule has 1 aliphatic heterocycles. The Morgan fingerprint density at radius 1 is 1.47 bits per heavy atom. The van der Waals surface area contributed by atoms with E-state index in [1.54, 1.807) is 6.07 Å². The highest BCUT2D eigenvalue weighted by Crippen LogP contribution is 2.29. The van der Waals surface area contributed by atoms with E-state index in [1.807, 2.05) is 0 Å². The van der Waals surface area contributed by atoms with Crippen molar-refractivity contribution in [1.29, 1.82) is 0 Å². The van der Waals surface area contributed by atoms with E-state index < -0.39 is 0 Å². The molecule has 1 aromatic carbocycles. The topological polar surface area (TPSA) is 26.3 Å². The quantitative estimate of drug-likeness (QED) is 0.744. The first-order chi connectivity index (χ1) is 7.16. The Morgan fingerprint density at radius 3 is 3.00 bits per heavy atom. The Kier molecular flexibility index (Phi) is 3.35. The zero-order chi connectivity index (χ0) is 10.8. The van der Waals surface area contributed by atoms with Crippen LogP contribution in [0.4, 0.5) is 4.39 Å². The molecule has 0 radical (unpaired) electrons. The van der Waals surface area contributed by atoms with Crippen LogP contribution in [0.15, 0.2) is 18.2 Å². The third kappa shape index (κ3) is 2.55. The summed E-state index contributed by atoms with van der Waals surface area (Å²) in [5.74, 6) is -0.0988. The fourth-order valence-electron chi connectivity index (χ4n) is 1.64. The lowest BCUT2D eigenvalue weighted by Crippen LogP contribution is -2.20. The summed E-state index contributed by atoms with van der Waals surface area (Å²) in [5, 5.41) is 0. The van der Waals surface area contributed by atoms with Gasteiger partial charge in [0.1, 0.15) is 11.6 Å². The van der Waals surface area contributed by atoms with E-state index in [-0.39, 0.29) is 17.7 Å². The zero-order valence-electron chi connectivity index (χ0n) is 8.00. The lowest BCUT2D eigenvalue weighted by atomic mass is 10.0. The van der Waals surface area contributed by atoms with Crippen molar-refractivity contribution in [2.24, 2.45) is 0 Å². The predicted octanol–water partition coefficient (Wildman–Crippen LogP) is 2.85. The molecule has 1 saturated heterocycles. The molecule has 1 heterocycles. The van der Waals surface area contributed by atoms with Crippen molar-refractivity contribution in [3.05, 3.63) is 33.1 Å². The molecule has 0 aromatic heterocycles. The van der Waals surface area contributed by atoms with Crippen molar-refractivity contribution in [1.82, 2.24) is 0 Å². The molecule has 2 rings (SSSR count). The molecule has 0 N–H and O–H groups in total. The summed E-state index contributed by atoms with van der Waals surface area (Å²) < 4.78 is 19.5. The molecule has 1 atom stereocenters. The SMILES string of the molecule is O=C1CCOC(c2cc(F)ccc2I)C1. The molecule has 0 amide bonds. The molecule has 15 heavy (non-hydrogen) atoms. The number of ether oxygens (including phenoxy) is 1. The fourth-order valence-corrected chi connectivity index (χ4v) is 2.33. The summed E-state index contributed by atoms with van der Waals surface area (Å²) >= 11 is 2.13. The van der Waals surface area contributed by atoms with Gasteiger partial charge in [0.15, 0.2) is 0 Å². The van der Waals surface area contributed by atoms with E-state index in [4.69, 9.17) is 4.74 Å². The van der Waals surface area contributed by atoms with Crippen molar-refractivity contribution >= 4 is 28.4 Å². The number of benzene rings is 1. The van der Waals surface area contributed by atoms with Crippen LogP contribution in [-0.4, -0.2) is 12.4 Å². The Hall–Kier alpha value is -0.490. The molecule has 1 aromatic rings. The van der Waals surface area contributed by atoms with Gasteiger partial charge in [0.25, 0.3) is 0 Å². The molecular formula is C11H10FIO2. The standard InChI is InChI=1S/C11H10FIO2/c12-7-1-2-10(13)9(5-7)11-6-8(14)3-4-15-11/h1-2,5,11H,3-4,6H2. The van der Waals surface area contributed by atoms with Gasteiger partial charge in [0, 0.05) is 16.4 Å². The number of carbonyl (C=O) groups excluding carboxylic acids is 1. The highest BCUT2D eigenvalue weighted by molar-refractivity contribution is 14.1. The lowest BCUT2D eigenvalue weighted by molar-refractivity contribution is -0.128. The van der Waals surface area contributed by atoms with Crippen LogP contribution in [0.2, 0.25) is 0 Å². The van der Waals surface area contributed by atoms with Crippen LogP contribution < -0.4 is 0 Å². The molecule has 80 valence electrons. The van der Waals surface area contributed by atoms with Crippen LogP contribution >= 0.6 is 22.6 Å². The Bertz CT molecular complexity index is 392. The van der Waals surface area contributed by atoms with Gasteiger partial charge in [-0.15, -0.1) is 0 Å². The van der Waals surface area contributed by atoms with Gasteiger partial charge in [0.2, 0.25) is 0 Å². The highest BCUT2D eigenvalue weighted by Gasteiger charge is 2.23. The van der Waals surface area contributed by atoms with Crippen LogP contribution in [0.1, 0.15) is 24.5 Å². The van der Waals surface area contributed by atoms with Crippen molar-refractivity contribution in [2.75, 3.05) is 6.61 Å². The second kappa shape index (κ2) is 4.57. The maximum absolute atomic E-state index is 13.1. The second-order valence-corrected chi connectivity index (χ2v) is 4.68. The van der Waals surface area contributed by atoms with Crippen molar-refractivity contribution < 1.29 is 13.9 Å². The minimum absolute atomic E-state index is 0.186. The predicted molar refractivity (Wildman–Crippen MR) is 62.1 cm³/mol. The normalized spacial score (nSPS) is 21.7. The minimum Gasteiger partial charge on any atom is -0.373 e. The number of ketones is 1. The first-order valence-electron chi connectivity index (χ1n) is 4.75. The number of rotatable bonds is 1. The molecule has 2 nitrogen and oxygen atoms in total. The van der Waals surface area contributed by atoms with Gasteiger partial charge in [-0.05, 0) is 46.4 Å². The molecular weight excluding hydrogens is 310 g/mol. The molecule has 0 spiro atoms. The van der Waals surface area contributed by atoms with E-state index >= 15 is 0 Å². The van der Waals surface area contributed by atoms with Crippen molar-refractivity contribution in [2.45, 2.75) is 18.9 Å².